The number of rotatable bonds is 10. The van der Waals surface area contributed by atoms with Gasteiger partial charge < -0.3 is 30.1 Å². The monoisotopic (exact) mass is 514 g/mol. The molecule has 4 N–H and O–H groups in total. The van der Waals surface area contributed by atoms with E-state index in [9.17, 15) is 15.3 Å². The lowest BCUT2D eigenvalue weighted by molar-refractivity contribution is -0.0499. The minimum absolute atomic E-state index is 0.405. The first-order valence-corrected chi connectivity index (χ1v) is 12.6. The van der Waals surface area contributed by atoms with Crippen molar-refractivity contribution in [2.75, 3.05) is 18.5 Å². The van der Waals surface area contributed by atoms with Crippen molar-refractivity contribution in [2.24, 2.45) is 0 Å². The number of fused-ring (bicyclic) bond motifs is 1. The average molecular weight is 515 g/mol. The molecule has 9 heteroatoms. The number of unbranched alkanes of at least 4 members (excludes halogenated alkanes) is 1. The van der Waals surface area contributed by atoms with Crippen LogP contribution >= 0.6 is 0 Å². The number of nitrogens with zero attached hydrogens (tertiary/aromatic N) is 3. The van der Waals surface area contributed by atoms with E-state index in [1.54, 1.807) is 4.57 Å². The number of benzene rings is 3. The molecule has 0 bridgehead atoms. The summed E-state index contributed by atoms with van der Waals surface area (Å²) >= 11 is 0. The lowest BCUT2D eigenvalue weighted by atomic mass is 10.0. The molecule has 1 fully saturated rings. The van der Waals surface area contributed by atoms with E-state index in [4.69, 9.17) is 19.7 Å². The maximum absolute atomic E-state index is 10.7. The molecule has 4 aromatic rings. The summed E-state index contributed by atoms with van der Waals surface area (Å²) in [6.45, 7) is 0.433. The van der Waals surface area contributed by atoms with Crippen LogP contribution in [0.25, 0.3) is 22.2 Å². The zero-order valence-electron chi connectivity index (χ0n) is 20.8. The van der Waals surface area contributed by atoms with Gasteiger partial charge in [0, 0.05) is 18.5 Å². The fourth-order valence-corrected chi connectivity index (χ4v) is 4.69. The number of aliphatic hydroxyl groups excluding tert-OH is 3. The Morgan fingerprint density at radius 2 is 1.82 bits per heavy atom. The Hall–Kier alpha value is -3.94. The molecule has 1 saturated heterocycles. The molecule has 0 spiro atoms. The standard InChI is InChI=1S/C29H30N4O5/c30-14-6-7-15-37-24-16-19(12-13-21(24)20-8-2-1-3-9-20)17-31-29-32-22-10-4-5-11-23(22)33(29)28-27(36)26(35)25(18-34)38-28/h1-5,8-13,16,25-28,34-36H,6-7,15,17-18H2,(H,31,32)/t25-,26-,27-,28-/m1/s1. The maximum atomic E-state index is 10.7. The van der Waals surface area contributed by atoms with E-state index in [0.29, 0.717) is 37.5 Å². The Morgan fingerprint density at radius 3 is 2.58 bits per heavy atom. The van der Waals surface area contributed by atoms with Crippen molar-refractivity contribution in [1.82, 2.24) is 9.55 Å². The number of hydrogen-bond acceptors (Lipinski definition) is 8. The number of ether oxygens (including phenoxy) is 2. The third-order valence-electron chi connectivity index (χ3n) is 6.64. The van der Waals surface area contributed by atoms with Gasteiger partial charge in [-0.15, -0.1) is 0 Å². The quantitative estimate of drug-likeness (QED) is 0.236. The molecule has 2 heterocycles. The van der Waals surface area contributed by atoms with Crippen molar-refractivity contribution in [1.29, 1.82) is 5.26 Å². The fraction of sp³-hybridized carbons (Fsp3) is 0.310. The predicted octanol–water partition coefficient (Wildman–Crippen LogP) is 3.61. The molecule has 196 valence electrons. The molecule has 0 amide bonds. The molecule has 1 aliphatic heterocycles. The van der Waals surface area contributed by atoms with E-state index >= 15 is 0 Å². The summed E-state index contributed by atoms with van der Waals surface area (Å²) < 4.78 is 13.6. The van der Waals surface area contributed by atoms with E-state index < -0.39 is 31.1 Å². The van der Waals surface area contributed by atoms with Gasteiger partial charge in [0.25, 0.3) is 0 Å². The summed E-state index contributed by atoms with van der Waals surface area (Å²) in [5, 5.41) is 42.8. The van der Waals surface area contributed by atoms with Crippen molar-refractivity contribution < 1.29 is 24.8 Å². The topological polar surface area (TPSA) is 133 Å². The van der Waals surface area contributed by atoms with Gasteiger partial charge in [0.15, 0.2) is 6.23 Å². The van der Waals surface area contributed by atoms with E-state index in [1.165, 1.54) is 0 Å². The minimum atomic E-state index is -1.23. The van der Waals surface area contributed by atoms with Crippen LogP contribution in [0.5, 0.6) is 5.75 Å². The second kappa shape index (κ2) is 11.6. The Bertz CT molecular complexity index is 1420. The first kappa shape index (κ1) is 25.7. The van der Waals surface area contributed by atoms with Gasteiger partial charge in [0.2, 0.25) is 5.95 Å². The van der Waals surface area contributed by atoms with Crippen LogP contribution in [0, 0.1) is 11.3 Å². The third-order valence-corrected chi connectivity index (χ3v) is 6.64. The molecule has 3 aromatic carbocycles. The predicted molar refractivity (Wildman–Crippen MR) is 142 cm³/mol. The zero-order valence-corrected chi connectivity index (χ0v) is 20.8. The average Bonchev–Trinajstić information content (AvgIpc) is 3.46. The lowest BCUT2D eigenvalue weighted by Crippen LogP contribution is -2.33. The van der Waals surface area contributed by atoms with Crippen LogP contribution < -0.4 is 10.1 Å². The number of nitriles is 1. The summed E-state index contributed by atoms with van der Waals surface area (Å²) in [7, 11) is 0. The maximum Gasteiger partial charge on any atom is 0.206 e. The number of nitrogens with one attached hydrogen (secondary N) is 1. The molecular formula is C29H30N4O5. The largest absolute Gasteiger partial charge is 0.493 e. The van der Waals surface area contributed by atoms with E-state index in [0.717, 1.165) is 28.0 Å². The van der Waals surface area contributed by atoms with Crippen molar-refractivity contribution in [3.05, 3.63) is 78.4 Å². The molecule has 0 saturated carbocycles. The molecule has 0 aliphatic carbocycles. The number of anilines is 1. The van der Waals surface area contributed by atoms with Crippen LogP contribution in [0.15, 0.2) is 72.8 Å². The molecule has 9 nitrogen and oxygen atoms in total. The van der Waals surface area contributed by atoms with Gasteiger partial charge in [-0.2, -0.15) is 5.26 Å². The third kappa shape index (κ3) is 5.21. The Kier molecular flexibility index (Phi) is 7.86. The number of aromatic nitrogens is 2. The van der Waals surface area contributed by atoms with E-state index in [1.807, 2.05) is 72.8 Å². The molecule has 1 aliphatic rings. The van der Waals surface area contributed by atoms with Crippen LogP contribution in [-0.2, 0) is 11.3 Å². The van der Waals surface area contributed by atoms with E-state index in [2.05, 4.69) is 11.4 Å². The molecule has 38 heavy (non-hydrogen) atoms. The van der Waals surface area contributed by atoms with Crippen LogP contribution in [-0.4, -0.2) is 56.4 Å². The number of para-hydroxylation sites is 2. The van der Waals surface area contributed by atoms with Crippen molar-refractivity contribution in [3.63, 3.8) is 0 Å². The second-order valence-electron chi connectivity index (χ2n) is 9.18. The van der Waals surface area contributed by atoms with Gasteiger partial charge in [0.1, 0.15) is 24.1 Å². The van der Waals surface area contributed by atoms with Crippen molar-refractivity contribution in [2.45, 2.75) is 43.9 Å². The van der Waals surface area contributed by atoms with Crippen LogP contribution in [0.4, 0.5) is 5.95 Å². The smallest absolute Gasteiger partial charge is 0.206 e. The summed E-state index contributed by atoms with van der Waals surface area (Å²) in [5.74, 6) is 1.19. The lowest BCUT2D eigenvalue weighted by Gasteiger charge is -2.20. The number of hydrogen-bond donors (Lipinski definition) is 4. The van der Waals surface area contributed by atoms with Crippen molar-refractivity contribution >= 4 is 17.0 Å². The molecule has 4 atom stereocenters. The van der Waals surface area contributed by atoms with Gasteiger partial charge in [0.05, 0.1) is 30.3 Å². The van der Waals surface area contributed by atoms with E-state index in [-0.39, 0.29) is 0 Å². The number of imidazole rings is 1. The first-order chi connectivity index (χ1) is 18.6. The molecule has 0 unspecified atom stereocenters. The number of aliphatic hydroxyl groups is 3. The highest BCUT2D eigenvalue weighted by atomic mass is 16.6. The SMILES string of the molecule is N#CCCCOc1cc(CNc2nc3ccccc3n2[C@@H]2O[C@H](CO)[C@@H](O)[C@H]2O)ccc1-c1ccccc1. The second-order valence-corrected chi connectivity index (χ2v) is 9.18. The van der Waals surface area contributed by atoms with Crippen LogP contribution in [0.2, 0.25) is 0 Å². The summed E-state index contributed by atoms with van der Waals surface area (Å²) in [6.07, 6.45) is -3.19. The van der Waals surface area contributed by atoms with Gasteiger partial charge in [-0.05, 0) is 35.7 Å². The Balaban J connectivity index is 1.42. The first-order valence-electron chi connectivity index (χ1n) is 12.6. The summed E-state index contributed by atoms with van der Waals surface area (Å²) in [4.78, 5) is 4.70. The van der Waals surface area contributed by atoms with Gasteiger partial charge in [-0.25, -0.2) is 4.98 Å². The molecular weight excluding hydrogens is 484 g/mol. The van der Waals surface area contributed by atoms with Crippen molar-refractivity contribution in [3.8, 4) is 22.9 Å². The summed E-state index contributed by atoms with van der Waals surface area (Å²) in [5.41, 5.74) is 4.37. The fourth-order valence-electron chi connectivity index (χ4n) is 4.69. The Morgan fingerprint density at radius 1 is 1.03 bits per heavy atom. The molecule has 5 rings (SSSR count). The highest BCUT2D eigenvalue weighted by Crippen LogP contribution is 2.36. The van der Waals surface area contributed by atoms with Gasteiger partial charge in [-0.1, -0.05) is 54.6 Å². The van der Waals surface area contributed by atoms with Crippen LogP contribution in [0.3, 0.4) is 0 Å². The highest BCUT2D eigenvalue weighted by Gasteiger charge is 2.44. The zero-order chi connectivity index (χ0) is 26.5. The van der Waals surface area contributed by atoms with Gasteiger partial charge in [-0.3, -0.25) is 4.57 Å². The van der Waals surface area contributed by atoms with Crippen LogP contribution in [0.1, 0.15) is 24.6 Å². The highest BCUT2D eigenvalue weighted by molar-refractivity contribution is 5.79. The van der Waals surface area contributed by atoms with Gasteiger partial charge >= 0.3 is 0 Å². The summed E-state index contributed by atoms with van der Waals surface area (Å²) in [6, 6.07) is 25.6. The minimum Gasteiger partial charge on any atom is -0.493 e. The Labute approximate surface area is 220 Å². The normalized spacial score (nSPS) is 20.9. The molecule has 0 radical (unpaired) electrons. The molecule has 1 aromatic heterocycles.